The number of unbranched alkanes of at least 4 members (excludes halogenated alkanes) is 1. The van der Waals surface area contributed by atoms with Crippen LogP contribution in [0.25, 0.3) is 0 Å². The summed E-state index contributed by atoms with van der Waals surface area (Å²) in [5.41, 5.74) is 8.38. The van der Waals surface area contributed by atoms with Gasteiger partial charge in [0.15, 0.2) is 0 Å². The zero-order chi connectivity index (χ0) is 18.1. The molecule has 5 heteroatoms. The van der Waals surface area contributed by atoms with E-state index in [0.29, 0.717) is 6.42 Å². The summed E-state index contributed by atoms with van der Waals surface area (Å²) in [6, 6.07) is 13.6. The van der Waals surface area contributed by atoms with E-state index in [1.807, 2.05) is 49.4 Å². The second-order valence-electron chi connectivity index (χ2n) is 6.31. The summed E-state index contributed by atoms with van der Waals surface area (Å²) in [6.07, 6.45) is 5.80. The normalized spacial score (nSPS) is 11.7. The van der Waals surface area contributed by atoms with Crippen molar-refractivity contribution in [2.24, 2.45) is 5.73 Å². The number of nitrogens with zero attached hydrogens (tertiary/aromatic N) is 1. The molecule has 0 bridgehead atoms. The van der Waals surface area contributed by atoms with Gasteiger partial charge in [-0.25, -0.2) is 0 Å². The molecule has 0 fully saturated rings. The first-order valence-electron chi connectivity index (χ1n) is 8.67. The Bertz CT molecular complexity index is 683. The van der Waals surface area contributed by atoms with Crippen LogP contribution in [0.15, 0.2) is 48.7 Å². The number of carbonyl (C=O) groups excluding carboxylic acids is 1. The first-order valence-corrected chi connectivity index (χ1v) is 8.67. The van der Waals surface area contributed by atoms with E-state index in [2.05, 4.69) is 10.3 Å². The van der Waals surface area contributed by atoms with Crippen molar-refractivity contribution in [3.63, 3.8) is 0 Å². The number of benzene rings is 1. The Morgan fingerprint density at radius 3 is 2.60 bits per heavy atom. The van der Waals surface area contributed by atoms with Crippen molar-refractivity contribution in [1.29, 1.82) is 5.41 Å². The van der Waals surface area contributed by atoms with Crippen molar-refractivity contribution in [3.05, 3.63) is 65.5 Å². The lowest BCUT2D eigenvalue weighted by molar-refractivity contribution is -0.121. The molecule has 2 rings (SSSR count). The van der Waals surface area contributed by atoms with E-state index in [0.717, 1.165) is 36.9 Å². The number of nitrogens with two attached hydrogens (primary N) is 1. The van der Waals surface area contributed by atoms with Crippen molar-refractivity contribution >= 4 is 11.7 Å². The average molecular weight is 338 g/mol. The van der Waals surface area contributed by atoms with Gasteiger partial charge in [0.25, 0.3) is 0 Å². The summed E-state index contributed by atoms with van der Waals surface area (Å²) in [5, 5.41) is 10.4. The number of nitrogen functional groups attached to an aromatic ring is 1. The summed E-state index contributed by atoms with van der Waals surface area (Å²) in [5.74, 6) is 0.179. The Hall–Kier alpha value is -2.69. The zero-order valence-corrected chi connectivity index (χ0v) is 14.7. The number of pyridine rings is 1. The second-order valence-corrected chi connectivity index (χ2v) is 6.31. The third-order valence-corrected chi connectivity index (χ3v) is 4.03. The maximum atomic E-state index is 12.0. The van der Waals surface area contributed by atoms with Crippen LogP contribution in [0.4, 0.5) is 0 Å². The molecule has 0 aliphatic heterocycles. The highest BCUT2D eigenvalue weighted by molar-refractivity contribution is 5.94. The molecular weight excluding hydrogens is 312 g/mol. The van der Waals surface area contributed by atoms with Crippen LogP contribution in [0.5, 0.6) is 0 Å². The molecule has 1 atom stereocenters. The van der Waals surface area contributed by atoms with Gasteiger partial charge in [-0.2, -0.15) is 0 Å². The number of hydrogen-bond donors (Lipinski definition) is 3. The zero-order valence-electron chi connectivity index (χ0n) is 14.7. The van der Waals surface area contributed by atoms with Crippen molar-refractivity contribution in [1.82, 2.24) is 10.3 Å². The van der Waals surface area contributed by atoms with Crippen LogP contribution in [0.2, 0.25) is 0 Å². The van der Waals surface area contributed by atoms with Gasteiger partial charge < -0.3 is 11.1 Å². The first kappa shape index (κ1) is 18.6. The predicted molar refractivity (Wildman–Crippen MR) is 101 cm³/mol. The Balaban J connectivity index is 1.64. The van der Waals surface area contributed by atoms with Gasteiger partial charge in [0.05, 0.1) is 0 Å². The van der Waals surface area contributed by atoms with E-state index in [-0.39, 0.29) is 17.8 Å². The Labute approximate surface area is 149 Å². The lowest BCUT2D eigenvalue weighted by Gasteiger charge is -2.13. The van der Waals surface area contributed by atoms with Gasteiger partial charge >= 0.3 is 0 Å². The smallest absolute Gasteiger partial charge is 0.220 e. The number of rotatable bonds is 9. The second kappa shape index (κ2) is 9.57. The van der Waals surface area contributed by atoms with Crippen LogP contribution in [-0.2, 0) is 17.6 Å². The van der Waals surface area contributed by atoms with Crippen LogP contribution in [-0.4, -0.2) is 22.8 Å². The Morgan fingerprint density at radius 1 is 1.20 bits per heavy atom. The summed E-state index contributed by atoms with van der Waals surface area (Å²) < 4.78 is 0. The number of nitrogens with one attached hydrogen (secondary N) is 2. The van der Waals surface area contributed by atoms with E-state index < -0.39 is 0 Å². The third-order valence-electron chi connectivity index (χ3n) is 4.03. The highest BCUT2D eigenvalue weighted by Gasteiger charge is 2.08. The van der Waals surface area contributed by atoms with Crippen LogP contribution in [0, 0.1) is 5.41 Å². The summed E-state index contributed by atoms with van der Waals surface area (Å²) in [6.45, 7) is 2.00. The Kier molecular flexibility index (Phi) is 7.14. The molecule has 1 heterocycles. The lowest BCUT2D eigenvalue weighted by Crippen LogP contribution is -2.34. The number of amidine groups is 1. The number of amides is 1. The summed E-state index contributed by atoms with van der Waals surface area (Å²) in [7, 11) is 0. The first-order chi connectivity index (χ1) is 12.0. The standard InChI is InChI=1S/C20H26N4O/c1-15(14-18-7-4-5-13-23-18)24-19(25)8-3-2-6-16-9-11-17(12-10-16)20(21)22/h4-5,7,9-13,15H,2-3,6,8,14H2,1H3,(H3,21,22)(H,24,25). The van der Waals surface area contributed by atoms with Gasteiger partial charge in [-0.1, -0.05) is 30.3 Å². The van der Waals surface area contributed by atoms with E-state index in [1.54, 1.807) is 6.20 Å². The third kappa shape index (κ3) is 6.75. The van der Waals surface area contributed by atoms with E-state index in [1.165, 1.54) is 5.56 Å². The van der Waals surface area contributed by atoms with Gasteiger partial charge in [-0.15, -0.1) is 0 Å². The molecule has 0 radical (unpaired) electrons. The molecule has 0 spiro atoms. The molecule has 1 aromatic carbocycles. The number of hydrogen-bond acceptors (Lipinski definition) is 3. The molecule has 4 N–H and O–H groups in total. The fourth-order valence-corrected chi connectivity index (χ4v) is 2.70. The van der Waals surface area contributed by atoms with E-state index >= 15 is 0 Å². The molecule has 1 amide bonds. The molecule has 0 saturated heterocycles. The summed E-state index contributed by atoms with van der Waals surface area (Å²) in [4.78, 5) is 16.3. The Morgan fingerprint density at radius 2 is 1.96 bits per heavy atom. The van der Waals surface area contributed by atoms with Gasteiger partial charge in [-0.05, 0) is 43.9 Å². The minimum atomic E-state index is 0.0847. The van der Waals surface area contributed by atoms with Crippen LogP contribution < -0.4 is 11.1 Å². The van der Waals surface area contributed by atoms with Crippen LogP contribution >= 0.6 is 0 Å². The van der Waals surface area contributed by atoms with Gasteiger partial charge in [-0.3, -0.25) is 15.2 Å². The highest BCUT2D eigenvalue weighted by atomic mass is 16.1. The number of carbonyl (C=O) groups is 1. The lowest BCUT2D eigenvalue weighted by atomic mass is 10.0. The van der Waals surface area contributed by atoms with Crippen molar-refractivity contribution in [3.8, 4) is 0 Å². The maximum Gasteiger partial charge on any atom is 0.220 e. The predicted octanol–water partition coefficient (Wildman–Crippen LogP) is 2.83. The van der Waals surface area contributed by atoms with Crippen molar-refractivity contribution in [2.45, 2.75) is 45.1 Å². The van der Waals surface area contributed by atoms with E-state index in [4.69, 9.17) is 11.1 Å². The van der Waals surface area contributed by atoms with Gasteiger partial charge in [0.1, 0.15) is 5.84 Å². The molecule has 1 aromatic heterocycles. The highest BCUT2D eigenvalue weighted by Crippen LogP contribution is 2.09. The van der Waals surface area contributed by atoms with Crippen LogP contribution in [0.3, 0.4) is 0 Å². The molecule has 0 aliphatic carbocycles. The average Bonchev–Trinajstić information content (AvgIpc) is 2.60. The molecule has 0 saturated carbocycles. The minimum absolute atomic E-state index is 0.0847. The fraction of sp³-hybridized carbons (Fsp3) is 0.350. The monoisotopic (exact) mass is 338 g/mol. The van der Waals surface area contributed by atoms with Gasteiger partial charge in [0.2, 0.25) is 5.91 Å². The van der Waals surface area contributed by atoms with Crippen LogP contribution in [0.1, 0.15) is 43.0 Å². The topological polar surface area (TPSA) is 91.9 Å². The van der Waals surface area contributed by atoms with Crippen molar-refractivity contribution in [2.75, 3.05) is 0 Å². The van der Waals surface area contributed by atoms with Crippen molar-refractivity contribution < 1.29 is 4.79 Å². The molecule has 25 heavy (non-hydrogen) atoms. The molecule has 0 aliphatic rings. The number of aryl methyl sites for hydroxylation is 1. The molecule has 5 nitrogen and oxygen atoms in total. The van der Waals surface area contributed by atoms with E-state index in [9.17, 15) is 4.79 Å². The molecular formula is C20H26N4O. The maximum absolute atomic E-state index is 12.0. The fourth-order valence-electron chi connectivity index (χ4n) is 2.70. The minimum Gasteiger partial charge on any atom is -0.384 e. The molecule has 1 unspecified atom stereocenters. The molecule has 132 valence electrons. The largest absolute Gasteiger partial charge is 0.384 e. The van der Waals surface area contributed by atoms with Gasteiger partial charge in [0, 0.05) is 36.3 Å². The SMILES string of the molecule is CC(Cc1ccccn1)NC(=O)CCCCc1ccc(C(=N)N)cc1. The quantitative estimate of drug-likeness (QED) is 0.373. The summed E-state index contributed by atoms with van der Waals surface area (Å²) >= 11 is 0. The molecule has 2 aromatic rings. The number of aromatic nitrogens is 1.